The highest BCUT2D eigenvalue weighted by Gasteiger charge is 2.35. The van der Waals surface area contributed by atoms with E-state index in [0.717, 1.165) is 37.3 Å². The lowest BCUT2D eigenvalue weighted by molar-refractivity contribution is 0.667. The van der Waals surface area contributed by atoms with Gasteiger partial charge in [0.1, 0.15) is 0 Å². The van der Waals surface area contributed by atoms with E-state index in [-0.39, 0.29) is 0 Å². The Kier molecular flexibility index (Phi) is 8.98. The van der Waals surface area contributed by atoms with Crippen molar-refractivity contribution in [3.8, 4) is 0 Å². The lowest BCUT2D eigenvalue weighted by Crippen LogP contribution is -2.30. The summed E-state index contributed by atoms with van der Waals surface area (Å²) in [5.41, 5.74) is 11.0. The van der Waals surface area contributed by atoms with Gasteiger partial charge in [-0.05, 0) is 93.0 Å². The summed E-state index contributed by atoms with van der Waals surface area (Å²) in [5, 5.41) is 14.2. The van der Waals surface area contributed by atoms with E-state index in [9.17, 15) is 0 Å². The average molecular weight is 731 g/mol. The number of nitrogens with one attached hydrogen (secondary N) is 1. The Labute approximate surface area is 331 Å². The number of unbranched alkanes of at least 4 members (excludes halogenated alkanes) is 6. The second-order valence-electron chi connectivity index (χ2n) is 15.8. The second-order valence-corrected chi connectivity index (χ2v) is 15.8. The van der Waals surface area contributed by atoms with Crippen molar-refractivity contribution in [1.29, 1.82) is 0 Å². The summed E-state index contributed by atoms with van der Waals surface area (Å²) in [7, 11) is 0. The van der Waals surface area contributed by atoms with Crippen molar-refractivity contribution in [1.82, 2.24) is 0 Å². The molecule has 4 nitrogen and oxygen atoms in total. The van der Waals surface area contributed by atoms with Crippen molar-refractivity contribution in [2.24, 2.45) is 0 Å². The Hall–Kier alpha value is -6.00. The molecule has 0 aromatic heterocycles. The van der Waals surface area contributed by atoms with Gasteiger partial charge < -0.3 is 20.0 Å². The smallest absolute Gasteiger partial charge is 0.0877 e. The van der Waals surface area contributed by atoms with Crippen molar-refractivity contribution >= 4 is 94.3 Å². The molecule has 1 N–H and O–H groups in total. The van der Waals surface area contributed by atoms with Crippen LogP contribution in [0.25, 0.3) is 43.1 Å². The van der Waals surface area contributed by atoms with Crippen LogP contribution in [0.2, 0.25) is 0 Å². The normalized spacial score (nSPS) is 13.2. The Balaban J connectivity index is 1.26. The van der Waals surface area contributed by atoms with Crippen LogP contribution < -0.4 is 20.0 Å². The van der Waals surface area contributed by atoms with Crippen LogP contribution >= 0.6 is 0 Å². The van der Waals surface area contributed by atoms with Gasteiger partial charge in [0, 0.05) is 18.5 Å². The quantitative estimate of drug-likeness (QED) is 0.134. The van der Waals surface area contributed by atoms with Gasteiger partial charge in [0.15, 0.2) is 0 Å². The highest BCUT2D eigenvalue weighted by atomic mass is 15.3. The highest BCUT2D eigenvalue weighted by molar-refractivity contribution is 6.17. The molecule has 0 saturated heterocycles. The van der Waals surface area contributed by atoms with Gasteiger partial charge in [-0.3, -0.25) is 0 Å². The molecule has 56 heavy (non-hydrogen) atoms. The van der Waals surface area contributed by atoms with Crippen LogP contribution in [0.1, 0.15) is 65.2 Å². The minimum atomic E-state index is 0.964. The van der Waals surface area contributed by atoms with Gasteiger partial charge in [0.05, 0.1) is 51.2 Å². The molecule has 4 heteroatoms. The minimum absolute atomic E-state index is 0.964. The fraction of sp³-hybridized carbons (Fsp3) is 0.231. The Morgan fingerprint density at radius 2 is 0.804 bits per heavy atom. The first kappa shape index (κ1) is 34.5. The van der Waals surface area contributed by atoms with Crippen LogP contribution in [-0.2, 0) is 0 Å². The Bertz CT molecular complexity index is 2660. The number of hydrogen-bond donors (Lipinski definition) is 1. The van der Waals surface area contributed by atoms with Gasteiger partial charge in [-0.15, -0.1) is 0 Å². The first-order valence-electron chi connectivity index (χ1n) is 21.0. The predicted molar refractivity (Wildman–Crippen MR) is 243 cm³/mol. The largest absolute Gasteiger partial charge is 0.350 e. The maximum absolute atomic E-state index is 4.12. The molecule has 0 radical (unpaired) electrons. The molecule has 2 aliphatic heterocycles. The van der Waals surface area contributed by atoms with E-state index < -0.39 is 0 Å². The molecule has 0 fully saturated rings. The number of benzene rings is 8. The van der Waals surface area contributed by atoms with E-state index in [2.05, 4.69) is 173 Å². The number of anilines is 9. The van der Waals surface area contributed by atoms with E-state index in [1.54, 1.807) is 0 Å². The summed E-state index contributed by atoms with van der Waals surface area (Å²) in [6.45, 7) is 6.54. The molecule has 10 rings (SSSR count). The first-order chi connectivity index (χ1) is 27.7. The van der Waals surface area contributed by atoms with Gasteiger partial charge in [-0.2, -0.15) is 0 Å². The third-order valence-corrected chi connectivity index (χ3v) is 12.1. The van der Waals surface area contributed by atoms with Gasteiger partial charge >= 0.3 is 0 Å². The molecule has 0 aliphatic carbocycles. The molecule has 8 aromatic carbocycles. The molecule has 0 bridgehead atoms. The lowest BCUT2D eigenvalue weighted by Gasteiger charge is -2.43. The highest BCUT2D eigenvalue weighted by Crippen LogP contribution is 2.60. The van der Waals surface area contributed by atoms with Crippen molar-refractivity contribution in [2.75, 3.05) is 33.1 Å². The third-order valence-electron chi connectivity index (χ3n) is 12.1. The monoisotopic (exact) mass is 730 g/mol. The molecular weight excluding hydrogens is 681 g/mol. The zero-order valence-corrected chi connectivity index (χ0v) is 32.7. The van der Waals surface area contributed by atoms with Gasteiger partial charge in [0.25, 0.3) is 0 Å². The van der Waals surface area contributed by atoms with Crippen molar-refractivity contribution in [2.45, 2.75) is 65.2 Å². The maximum Gasteiger partial charge on any atom is 0.0877 e. The summed E-state index contributed by atoms with van der Waals surface area (Å²) in [5.74, 6) is 0. The van der Waals surface area contributed by atoms with E-state index in [0.29, 0.717) is 0 Å². The fourth-order valence-electron chi connectivity index (χ4n) is 9.30. The van der Waals surface area contributed by atoms with E-state index in [4.69, 9.17) is 0 Å². The molecule has 8 aromatic rings. The molecule has 0 unspecified atom stereocenters. The van der Waals surface area contributed by atoms with E-state index in [1.807, 2.05) is 0 Å². The SMILES string of the molecule is CCCCCCN1c2cc3ccccc3cc2N(c2c3c(cc4ccccc24)N(CCCCCC)c2cc4ccccc4cc2N3)c2cc3ccccc3cc21. The number of nitrogens with zero attached hydrogens (tertiary/aromatic N) is 3. The van der Waals surface area contributed by atoms with Crippen molar-refractivity contribution in [3.63, 3.8) is 0 Å². The maximum atomic E-state index is 4.12. The van der Waals surface area contributed by atoms with E-state index in [1.165, 1.54) is 121 Å². The first-order valence-corrected chi connectivity index (χ1v) is 21.0. The number of hydrogen-bond acceptors (Lipinski definition) is 4. The average Bonchev–Trinajstić information content (AvgIpc) is 3.23. The molecular formula is C52H50N4. The Morgan fingerprint density at radius 1 is 0.393 bits per heavy atom. The summed E-state index contributed by atoms with van der Waals surface area (Å²) in [4.78, 5) is 7.86. The molecule has 0 spiro atoms. The van der Waals surface area contributed by atoms with Gasteiger partial charge in [-0.1, -0.05) is 149 Å². The number of fused-ring (bicyclic) bond motifs is 8. The van der Waals surface area contributed by atoms with Crippen LogP contribution in [0.5, 0.6) is 0 Å². The molecule has 2 heterocycles. The second kappa shape index (κ2) is 14.6. The fourth-order valence-corrected chi connectivity index (χ4v) is 9.30. The van der Waals surface area contributed by atoms with Crippen LogP contribution in [0.4, 0.5) is 51.2 Å². The van der Waals surface area contributed by atoms with Crippen LogP contribution in [0.3, 0.4) is 0 Å². The molecule has 0 amide bonds. The predicted octanol–water partition coefficient (Wildman–Crippen LogP) is 15.6. The van der Waals surface area contributed by atoms with E-state index >= 15 is 0 Å². The Morgan fingerprint density at radius 3 is 1.32 bits per heavy atom. The van der Waals surface area contributed by atoms with Crippen molar-refractivity contribution < 1.29 is 0 Å². The van der Waals surface area contributed by atoms with Crippen molar-refractivity contribution in [3.05, 3.63) is 140 Å². The molecule has 0 atom stereocenters. The van der Waals surface area contributed by atoms with Crippen LogP contribution in [0.15, 0.2) is 140 Å². The number of rotatable bonds is 11. The minimum Gasteiger partial charge on any atom is -0.350 e. The molecule has 0 saturated carbocycles. The zero-order valence-electron chi connectivity index (χ0n) is 32.7. The van der Waals surface area contributed by atoms with Gasteiger partial charge in [0.2, 0.25) is 0 Å². The third kappa shape index (κ3) is 5.91. The lowest BCUT2D eigenvalue weighted by atomic mass is 9.95. The zero-order chi connectivity index (χ0) is 37.6. The standard InChI is InChI=1S/C52H50N4/c1-3-5-7-17-27-54-45-30-37-20-10-9-19-36(37)29-44(45)53-51-50(54)35-42-25-15-16-26-43(42)52(51)56-48-33-40-23-13-11-21-38(40)31-46(48)55(28-18-8-6-4-2)47-32-39-22-12-14-24-41(39)34-49(47)56/h9-16,19-26,29-35,53H,3-8,17-18,27-28H2,1-2H3. The molecule has 2 aliphatic rings. The summed E-state index contributed by atoms with van der Waals surface area (Å²) >= 11 is 0. The molecule has 278 valence electrons. The summed E-state index contributed by atoms with van der Waals surface area (Å²) in [6, 6.07) is 52.6. The summed E-state index contributed by atoms with van der Waals surface area (Å²) < 4.78 is 0. The van der Waals surface area contributed by atoms with Gasteiger partial charge in [-0.25, -0.2) is 0 Å². The van der Waals surface area contributed by atoms with Crippen LogP contribution in [-0.4, -0.2) is 13.1 Å². The van der Waals surface area contributed by atoms with Crippen LogP contribution in [0, 0.1) is 0 Å². The topological polar surface area (TPSA) is 21.8 Å². The summed E-state index contributed by atoms with van der Waals surface area (Å²) in [6.07, 6.45) is 9.70.